The molecule has 56 heavy (non-hydrogen) atoms. The minimum absolute atomic E-state index is 0.00413. The Labute approximate surface area is 347 Å². The molecule has 2 N–H and O–H groups in total. The van der Waals surface area contributed by atoms with Crippen molar-refractivity contribution in [3.05, 3.63) is 24.3 Å². The van der Waals surface area contributed by atoms with Crippen LogP contribution in [0.3, 0.4) is 0 Å². The van der Waals surface area contributed by atoms with Crippen LogP contribution in [0.5, 0.6) is 0 Å². The fourth-order valence-electron chi connectivity index (χ4n) is 6.87. The van der Waals surface area contributed by atoms with Crippen molar-refractivity contribution in [2.45, 2.75) is 231 Å². The van der Waals surface area contributed by atoms with E-state index in [4.69, 9.17) is 9.05 Å². The Bertz CT molecular complexity index is 969. The van der Waals surface area contributed by atoms with Gasteiger partial charge in [0.15, 0.2) is 0 Å². The molecule has 0 saturated carbocycles. The molecule has 8 nitrogen and oxygen atoms in total. The van der Waals surface area contributed by atoms with E-state index in [1.807, 2.05) is 27.2 Å². The summed E-state index contributed by atoms with van der Waals surface area (Å²) in [5.41, 5.74) is 0. The summed E-state index contributed by atoms with van der Waals surface area (Å²) in [5, 5.41) is 13.8. The maximum absolute atomic E-state index is 12.9. The molecule has 0 aliphatic heterocycles. The predicted molar refractivity (Wildman–Crippen MR) is 238 cm³/mol. The maximum atomic E-state index is 12.9. The van der Waals surface area contributed by atoms with Crippen LogP contribution in [0.15, 0.2) is 24.3 Å². The molecule has 0 aliphatic rings. The number of phosphoric acid groups is 1. The smallest absolute Gasteiger partial charge is 0.268 e. The SMILES string of the molecule is CCCCCCCCCCCCC/C=C/CC/C=C/[C@@H](O)[C@H](COP(=O)([O-])OCC[N+](C)(C)C)NC(=O)CCCCCCCCCCCCCCCCCCC. The minimum atomic E-state index is -4.59. The van der Waals surface area contributed by atoms with Gasteiger partial charge in [-0.3, -0.25) is 9.36 Å². The number of hydrogen-bond donors (Lipinski definition) is 2. The van der Waals surface area contributed by atoms with Crippen LogP contribution in [-0.2, 0) is 18.4 Å². The average molecular weight is 813 g/mol. The summed E-state index contributed by atoms with van der Waals surface area (Å²) in [6.07, 6.45) is 46.5. The monoisotopic (exact) mass is 813 g/mol. The number of phosphoric ester groups is 1. The Kier molecular flexibility index (Phi) is 38.7. The molecule has 0 radical (unpaired) electrons. The molecule has 9 heteroatoms. The van der Waals surface area contributed by atoms with Crippen LogP contribution < -0.4 is 10.2 Å². The highest BCUT2D eigenvalue weighted by Gasteiger charge is 2.23. The number of carbonyl (C=O) groups excluding carboxylic acids is 1. The molecule has 0 heterocycles. The molecule has 332 valence electrons. The van der Waals surface area contributed by atoms with E-state index in [9.17, 15) is 19.4 Å². The van der Waals surface area contributed by atoms with E-state index in [2.05, 4.69) is 31.3 Å². The highest BCUT2D eigenvalue weighted by Crippen LogP contribution is 2.38. The Balaban J connectivity index is 4.41. The molecule has 1 unspecified atom stereocenters. The van der Waals surface area contributed by atoms with E-state index in [0.29, 0.717) is 17.4 Å². The van der Waals surface area contributed by atoms with Gasteiger partial charge < -0.3 is 28.8 Å². The predicted octanol–water partition coefficient (Wildman–Crippen LogP) is 12.7. The zero-order valence-corrected chi connectivity index (χ0v) is 38.5. The number of allylic oxidation sites excluding steroid dienone is 3. The van der Waals surface area contributed by atoms with Crippen molar-refractivity contribution in [1.29, 1.82) is 0 Å². The van der Waals surface area contributed by atoms with Gasteiger partial charge in [0.25, 0.3) is 7.82 Å². The molecule has 0 aliphatic carbocycles. The Morgan fingerprint density at radius 1 is 0.607 bits per heavy atom. The maximum Gasteiger partial charge on any atom is 0.268 e. The van der Waals surface area contributed by atoms with Crippen LogP contribution in [0.1, 0.15) is 219 Å². The van der Waals surface area contributed by atoms with Gasteiger partial charge in [-0.15, -0.1) is 0 Å². The van der Waals surface area contributed by atoms with Crippen LogP contribution in [-0.4, -0.2) is 68.5 Å². The number of likely N-dealkylation sites (N-methyl/N-ethyl adjacent to an activating group) is 1. The summed E-state index contributed by atoms with van der Waals surface area (Å²) < 4.78 is 23.2. The number of carbonyl (C=O) groups is 1. The topological polar surface area (TPSA) is 108 Å². The number of unbranched alkanes of at least 4 members (excludes halogenated alkanes) is 28. The lowest BCUT2D eigenvalue weighted by Gasteiger charge is -2.29. The van der Waals surface area contributed by atoms with Crippen molar-refractivity contribution >= 4 is 13.7 Å². The summed E-state index contributed by atoms with van der Waals surface area (Å²) in [6.45, 7) is 4.64. The van der Waals surface area contributed by atoms with Crippen LogP contribution in [0.4, 0.5) is 0 Å². The van der Waals surface area contributed by atoms with Crippen molar-refractivity contribution in [2.75, 3.05) is 40.9 Å². The standard InChI is InChI=1S/C47H93N2O6P/c1-6-8-10-12-14-16-18-20-22-24-26-28-30-32-34-36-38-40-46(50)45(44-55-56(52,53)54-43-42-49(3,4)5)48-47(51)41-39-37-35-33-31-29-27-25-23-21-19-17-15-13-11-9-7-2/h30,32,38,40,45-46,50H,6-29,31,33-37,39,41-44H2,1-5H3,(H-,48,51,52,53)/b32-30+,40-38+/t45-,46+/m0/s1. The molecule has 0 spiro atoms. The molecule has 1 amide bonds. The quantitative estimate of drug-likeness (QED) is 0.0275. The first-order valence-electron chi connectivity index (χ1n) is 23.7. The van der Waals surface area contributed by atoms with Crippen molar-refractivity contribution in [2.24, 2.45) is 0 Å². The van der Waals surface area contributed by atoms with Crippen molar-refractivity contribution in [3.8, 4) is 0 Å². The van der Waals surface area contributed by atoms with Gasteiger partial charge in [-0.05, 0) is 32.1 Å². The van der Waals surface area contributed by atoms with Gasteiger partial charge in [0, 0.05) is 6.42 Å². The second kappa shape index (κ2) is 39.4. The van der Waals surface area contributed by atoms with Gasteiger partial charge in [-0.2, -0.15) is 0 Å². The first kappa shape index (κ1) is 55.0. The summed E-state index contributed by atoms with van der Waals surface area (Å²) in [5.74, 6) is -0.205. The zero-order chi connectivity index (χ0) is 41.4. The summed E-state index contributed by atoms with van der Waals surface area (Å²) >= 11 is 0. The van der Waals surface area contributed by atoms with Crippen molar-refractivity contribution in [1.82, 2.24) is 5.32 Å². The molecular weight excluding hydrogens is 719 g/mol. The van der Waals surface area contributed by atoms with Crippen molar-refractivity contribution < 1.29 is 32.9 Å². The molecule has 0 fully saturated rings. The number of aliphatic hydroxyl groups is 1. The van der Waals surface area contributed by atoms with E-state index in [0.717, 1.165) is 38.5 Å². The van der Waals surface area contributed by atoms with Gasteiger partial charge in [-0.1, -0.05) is 205 Å². The first-order valence-corrected chi connectivity index (χ1v) is 25.2. The van der Waals surface area contributed by atoms with Gasteiger partial charge in [-0.25, -0.2) is 0 Å². The van der Waals surface area contributed by atoms with E-state index >= 15 is 0 Å². The molecule has 0 aromatic carbocycles. The molecule has 0 aromatic rings. The van der Waals surface area contributed by atoms with E-state index in [1.165, 1.54) is 161 Å². The highest BCUT2D eigenvalue weighted by molar-refractivity contribution is 7.45. The number of aliphatic hydroxyl groups excluding tert-OH is 1. The normalized spacial score (nSPS) is 14.5. The number of quaternary nitrogens is 1. The third-order valence-corrected chi connectivity index (χ3v) is 11.6. The highest BCUT2D eigenvalue weighted by atomic mass is 31.2. The number of nitrogens with one attached hydrogen (secondary N) is 1. The van der Waals surface area contributed by atoms with Gasteiger partial charge in [0.05, 0.1) is 39.9 Å². The number of hydrogen-bond acceptors (Lipinski definition) is 6. The van der Waals surface area contributed by atoms with E-state index in [-0.39, 0.29) is 19.1 Å². The summed E-state index contributed by atoms with van der Waals surface area (Å²) in [4.78, 5) is 25.3. The third kappa shape index (κ3) is 41.2. The molecular formula is C47H93N2O6P. The van der Waals surface area contributed by atoms with Crippen LogP contribution in [0, 0.1) is 0 Å². The molecule has 0 saturated heterocycles. The zero-order valence-electron chi connectivity index (χ0n) is 37.6. The lowest BCUT2D eigenvalue weighted by Crippen LogP contribution is -2.45. The largest absolute Gasteiger partial charge is 0.756 e. The molecule has 0 aromatic heterocycles. The molecule has 0 rings (SSSR count). The van der Waals surface area contributed by atoms with Crippen molar-refractivity contribution in [3.63, 3.8) is 0 Å². The summed E-state index contributed by atoms with van der Waals surface area (Å²) in [6, 6.07) is -0.898. The summed E-state index contributed by atoms with van der Waals surface area (Å²) in [7, 11) is 1.25. The first-order chi connectivity index (χ1) is 27.0. The second-order valence-corrected chi connectivity index (χ2v) is 18.9. The van der Waals surface area contributed by atoms with Crippen LogP contribution in [0.25, 0.3) is 0 Å². The number of amides is 1. The fourth-order valence-corrected chi connectivity index (χ4v) is 7.60. The van der Waals surface area contributed by atoms with Gasteiger partial charge in [0.1, 0.15) is 13.2 Å². The van der Waals surface area contributed by atoms with E-state index in [1.54, 1.807) is 6.08 Å². The average Bonchev–Trinajstić information content (AvgIpc) is 3.15. The molecule has 0 bridgehead atoms. The Morgan fingerprint density at radius 2 is 1.00 bits per heavy atom. The Hall–Kier alpha value is -1.02. The van der Waals surface area contributed by atoms with E-state index < -0.39 is 20.0 Å². The number of nitrogens with zero attached hydrogens (tertiary/aromatic N) is 1. The minimum Gasteiger partial charge on any atom is -0.756 e. The second-order valence-electron chi connectivity index (χ2n) is 17.5. The lowest BCUT2D eigenvalue weighted by molar-refractivity contribution is -0.870. The van der Waals surface area contributed by atoms with Gasteiger partial charge >= 0.3 is 0 Å². The van der Waals surface area contributed by atoms with Crippen LogP contribution in [0.2, 0.25) is 0 Å². The molecule has 3 atom stereocenters. The third-order valence-electron chi connectivity index (χ3n) is 10.7. The lowest BCUT2D eigenvalue weighted by atomic mass is 10.0. The van der Waals surface area contributed by atoms with Gasteiger partial charge in [0.2, 0.25) is 5.91 Å². The Morgan fingerprint density at radius 3 is 1.45 bits per heavy atom. The fraction of sp³-hybridized carbons (Fsp3) is 0.894. The number of rotatable bonds is 43. The van der Waals surface area contributed by atoms with Crippen LogP contribution >= 0.6 is 7.82 Å².